The fourth-order valence-corrected chi connectivity index (χ4v) is 3.41. The Morgan fingerprint density at radius 2 is 2.08 bits per heavy atom. The van der Waals surface area contributed by atoms with Gasteiger partial charge in [0.2, 0.25) is 17.6 Å². The lowest BCUT2D eigenvalue weighted by Gasteiger charge is -2.37. The van der Waals surface area contributed by atoms with E-state index in [-0.39, 0.29) is 11.8 Å². The molecule has 0 spiro atoms. The Morgan fingerprint density at radius 3 is 2.79 bits per heavy atom. The molecule has 0 aliphatic carbocycles. The summed E-state index contributed by atoms with van der Waals surface area (Å²) in [5.41, 5.74) is 0.964. The lowest BCUT2D eigenvalue weighted by molar-refractivity contribution is -0.135. The highest BCUT2D eigenvalue weighted by molar-refractivity contribution is 7.13. The van der Waals surface area contributed by atoms with Gasteiger partial charge in [-0.1, -0.05) is 35.0 Å². The first-order valence-electron chi connectivity index (χ1n) is 7.59. The van der Waals surface area contributed by atoms with Crippen molar-refractivity contribution in [2.45, 2.75) is 12.3 Å². The van der Waals surface area contributed by atoms with Gasteiger partial charge in [-0.25, -0.2) is 0 Å². The second-order valence-corrected chi connectivity index (χ2v) is 7.12. The van der Waals surface area contributed by atoms with Gasteiger partial charge in [-0.15, -0.1) is 11.3 Å². The Morgan fingerprint density at radius 1 is 1.29 bits per heavy atom. The smallest absolute Gasteiger partial charge is 0.233 e. The quantitative estimate of drug-likeness (QED) is 0.713. The first kappa shape index (κ1) is 15.4. The van der Waals surface area contributed by atoms with Gasteiger partial charge in [-0.3, -0.25) is 4.79 Å². The van der Waals surface area contributed by atoms with Crippen LogP contribution in [0.4, 0.5) is 0 Å². The van der Waals surface area contributed by atoms with Crippen LogP contribution in [0.5, 0.6) is 0 Å². The maximum absolute atomic E-state index is 12.3. The van der Waals surface area contributed by atoms with Crippen LogP contribution in [0.25, 0.3) is 10.7 Å². The molecule has 1 aliphatic heterocycles. The summed E-state index contributed by atoms with van der Waals surface area (Å²) in [5.74, 6) is 1.45. The van der Waals surface area contributed by atoms with Gasteiger partial charge in [-0.05, 0) is 29.1 Å². The minimum atomic E-state index is 0.103. The molecule has 7 heteroatoms. The number of hydrogen-bond acceptors (Lipinski definition) is 5. The molecule has 1 aromatic carbocycles. The number of halogens is 1. The molecule has 0 radical (unpaired) electrons. The van der Waals surface area contributed by atoms with E-state index in [1.165, 1.54) is 0 Å². The summed E-state index contributed by atoms with van der Waals surface area (Å²) in [6, 6.07) is 11.3. The van der Waals surface area contributed by atoms with Gasteiger partial charge in [0, 0.05) is 18.1 Å². The average molecular weight is 360 g/mol. The Kier molecular flexibility index (Phi) is 4.08. The number of rotatable bonds is 4. The van der Waals surface area contributed by atoms with Crippen molar-refractivity contribution < 1.29 is 9.32 Å². The highest BCUT2D eigenvalue weighted by atomic mass is 35.5. The lowest BCUT2D eigenvalue weighted by atomic mass is 9.99. The van der Waals surface area contributed by atoms with Gasteiger partial charge >= 0.3 is 0 Å². The van der Waals surface area contributed by atoms with Crippen molar-refractivity contribution in [1.29, 1.82) is 0 Å². The van der Waals surface area contributed by atoms with E-state index < -0.39 is 0 Å². The molecule has 4 rings (SSSR count). The van der Waals surface area contributed by atoms with Crippen LogP contribution in [-0.2, 0) is 11.2 Å². The van der Waals surface area contributed by atoms with Crippen molar-refractivity contribution in [3.8, 4) is 10.7 Å². The highest BCUT2D eigenvalue weighted by Gasteiger charge is 2.35. The van der Waals surface area contributed by atoms with Crippen LogP contribution in [0.1, 0.15) is 17.4 Å². The van der Waals surface area contributed by atoms with E-state index in [4.69, 9.17) is 16.1 Å². The number of benzene rings is 1. The zero-order valence-electron chi connectivity index (χ0n) is 12.7. The summed E-state index contributed by atoms with van der Waals surface area (Å²) < 4.78 is 5.34. The normalized spacial score (nSPS) is 14.6. The fraction of sp³-hybridized carbons (Fsp3) is 0.235. The molecular weight excluding hydrogens is 346 g/mol. The maximum atomic E-state index is 12.3. The van der Waals surface area contributed by atoms with E-state index in [1.54, 1.807) is 23.5 Å². The summed E-state index contributed by atoms with van der Waals surface area (Å²) in [5, 5.41) is 6.67. The maximum Gasteiger partial charge on any atom is 0.233 e. The molecule has 5 nitrogen and oxygen atoms in total. The van der Waals surface area contributed by atoms with Crippen molar-refractivity contribution in [3.63, 3.8) is 0 Å². The fourth-order valence-electron chi connectivity index (χ4n) is 2.63. The topological polar surface area (TPSA) is 59.2 Å². The van der Waals surface area contributed by atoms with Crippen LogP contribution in [0.3, 0.4) is 0 Å². The third kappa shape index (κ3) is 3.07. The molecule has 3 heterocycles. The standard InChI is InChI=1S/C17H14ClN3O2S/c18-13-5-3-11(4-6-13)8-15(22)21-9-12(10-21)17-19-16(20-23-17)14-2-1-7-24-14/h1-7,12H,8-10H2. The Hall–Kier alpha value is -2.18. The zero-order chi connectivity index (χ0) is 16.5. The molecule has 24 heavy (non-hydrogen) atoms. The van der Waals surface area contributed by atoms with Crippen LogP contribution >= 0.6 is 22.9 Å². The van der Waals surface area contributed by atoms with Crippen molar-refractivity contribution in [1.82, 2.24) is 15.0 Å². The summed E-state index contributed by atoms with van der Waals surface area (Å²) in [6.07, 6.45) is 0.383. The third-order valence-corrected chi connectivity index (χ3v) is 5.15. The van der Waals surface area contributed by atoms with Crippen LogP contribution in [0.15, 0.2) is 46.3 Å². The van der Waals surface area contributed by atoms with Gasteiger partial charge in [0.05, 0.1) is 17.2 Å². The number of carbonyl (C=O) groups is 1. The van der Waals surface area contributed by atoms with E-state index in [1.807, 2.05) is 34.5 Å². The lowest BCUT2D eigenvalue weighted by Crippen LogP contribution is -2.49. The predicted molar refractivity (Wildman–Crippen MR) is 92.1 cm³/mol. The van der Waals surface area contributed by atoms with E-state index >= 15 is 0 Å². The zero-order valence-corrected chi connectivity index (χ0v) is 14.3. The number of nitrogens with zero attached hydrogens (tertiary/aromatic N) is 3. The first-order valence-corrected chi connectivity index (χ1v) is 8.84. The summed E-state index contributed by atoms with van der Waals surface area (Å²) >= 11 is 7.43. The molecule has 3 aromatic rings. The molecule has 2 aromatic heterocycles. The molecule has 0 atom stereocenters. The van der Waals surface area contributed by atoms with E-state index in [0.717, 1.165) is 10.4 Å². The van der Waals surface area contributed by atoms with Crippen LogP contribution < -0.4 is 0 Å². The molecule has 0 bridgehead atoms. The molecule has 0 N–H and O–H groups in total. The van der Waals surface area contributed by atoms with Gasteiger partial charge in [0.25, 0.3) is 0 Å². The molecule has 1 amide bonds. The number of aromatic nitrogens is 2. The Bertz CT molecular complexity index is 839. The molecule has 0 unspecified atom stereocenters. The van der Waals surface area contributed by atoms with Crippen molar-refractivity contribution in [2.24, 2.45) is 0 Å². The third-order valence-electron chi connectivity index (χ3n) is 4.04. The molecule has 0 saturated carbocycles. The Labute approximate surface area is 147 Å². The number of hydrogen-bond donors (Lipinski definition) is 0. The minimum Gasteiger partial charge on any atom is -0.341 e. The first-order chi connectivity index (χ1) is 11.7. The molecule has 1 saturated heterocycles. The molecular formula is C17H14ClN3O2S. The number of carbonyl (C=O) groups excluding carboxylic acids is 1. The summed E-state index contributed by atoms with van der Waals surface area (Å²) in [4.78, 5) is 19.5. The minimum absolute atomic E-state index is 0.103. The van der Waals surface area contributed by atoms with E-state index in [0.29, 0.717) is 36.2 Å². The van der Waals surface area contributed by atoms with Crippen LogP contribution in [0, 0.1) is 0 Å². The summed E-state index contributed by atoms with van der Waals surface area (Å²) in [7, 11) is 0. The van der Waals surface area contributed by atoms with Crippen molar-refractivity contribution in [2.75, 3.05) is 13.1 Å². The highest BCUT2D eigenvalue weighted by Crippen LogP contribution is 2.29. The molecule has 1 fully saturated rings. The monoisotopic (exact) mass is 359 g/mol. The predicted octanol–water partition coefficient (Wildman–Crippen LogP) is 3.62. The number of amides is 1. The second kappa shape index (κ2) is 6.37. The SMILES string of the molecule is O=C(Cc1ccc(Cl)cc1)N1CC(c2nc(-c3cccs3)no2)C1. The molecule has 122 valence electrons. The number of thiophene rings is 1. The molecule has 1 aliphatic rings. The van der Waals surface area contributed by atoms with Gasteiger partial charge in [-0.2, -0.15) is 4.98 Å². The van der Waals surface area contributed by atoms with E-state index in [2.05, 4.69) is 10.1 Å². The van der Waals surface area contributed by atoms with Crippen molar-refractivity contribution >= 4 is 28.8 Å². The van der Waals surface area contributed by atoms with E-state index in [9.17, 15) is 4.79 Å². The summed E-state index contributed by atoms with van der Waals surface area (Å²) in [6.45, 7) is 1.25. The Balaban J connectivity index is 1.34. The van der Waals surface area contributed by atoms with Gasteiger partial charge in [0.15, 0.2) is 0 Å². The number of likely N-dealkylation sites (tertiary alicyclic amines) is 1. The van der Waals surface area contributed by atoms with Crippen LogP contribution in [0.2, 0.25) is 5.02 Å². The van der Waals surface area contributed by atoms with Crippen molar-refractivity contribution in [3.05, 3.63) is 58.3 Å². The van der Waals surface area contributed by atoms with Gasteiger partial charge < -0.3 is 9.42 Å². The largest absolute Gasteiger partial charge is 0.341 e. The average Bonchev–Trinajstić information content (AvgIpc) is 3.19. The van der Waals surface area contributed by atoms with Gasteiger partial charge in [0.1, 0.15) is 0 Å². The second-order valence-electron chi connectivity index (χ2n) is 5.73. The van der Waals surface area contributed by atoms with Crippen LogP contribution in [-0.4, -0.2) is 34.0 Å².